The van der Waals surface area contributed by atoms with E-state index >= 15 is 0 Å². The van der Waals surface area contributed by atoms with Crippen LogP contribution < -0.4 is 16.1 Å². The number of aliphatic carboxylic acids is 1. The van der Waals surface area contributed by atoms with E-state index in [1.807, 2.05) is 0 Å². The molecule has 10 nitrogen and oxygen atoms in total. The highest BCUT2D eigenvalue weighted by Gasteiger charge is 2.29. The smallest absolute Gasteiger partial charge is 0.335 e. The van der Waals surface area contributed by atoms with Gasteiger partial charge in [0, 0.05) is 31.8 Å². The van der Waals surface area contributed by atoms with Crippen LogP contribution >= 0.6 is 0 Å². The van der Waals surface area contributed by atoms with Gasteiger partial charge in [-0.25, -0.2) is 10.2 Å². The minimum Gasteiger partial charge on any atom is -0.481 e. The van der Waals surface area contributed by atoms with E-state index in [-0.39, 0.29) is 23.7 Å². The number of nitrogens with one attached hydrogen (secondary N) is 3. The van der Waals surface area contributed by atoms with Crippen LogP contribution in [-0.2, 0) is 16.6 Å². The summed E-state index contributed by atoms with van der Waals surface area (Å²) in [7, 11) is 1.76. The summed E-state index contributed by atoms with van der Waals surface area (Å²) in [6.45, 7) is 0.465. The average Bonchev–Trinajstić information content (AvgIpc) is 3.06. The van der Waals surface area contributed by atoms with E-state index in [9.17, 15) is 14.4 Å². The first kappa shape index (κ1) is 20.8. The molecular weight excluding hydrogens is 376 g/mol. The van der Waals surface area contributed by atoms with E-state index < -0.39 is 12.0 Å². The van der Waals surface area contributed by atoms with E-state index in [1.165, 1.54) is 0 Å². The van der Waals surface area contributed by atoms with E-state index in [0.717, 1.165) is 32.1 Å². The van der Waals surface area contributed by atoms with Crippen LogP contribution in [0.5, 0.6) is 0 Å². The zero-order valence-electron chi connectivity index (χ0n) is 16.6. The van der Waals surface area contributed by atoms with Gasteiger partial charge in [0.1, 0.15) is 5.71 Å². The number of carbonyl (C=O) groups is 3. The lowest BCUT2D eigenvalue weighted by Crippen LogP contribution is -2.40. The zero-order valence-corrected chi connectivity index (χ0v) is 16.6. The third kappa shape index (κ3) is 5.78. The lowest BCUT2D eigenvalue weighted by molar-refractivity contribution is -0.143. The largest absolute Gasteiger partial charge is 0.481 e. The number of urea groups is 1. The van der Waals surface area contributed by atoms with Crippen molar-refractivity contribution < 1.29 is 19.5 Å². The summed E-state index contributed by atoms with van der Waals surface area (Å²) in [6, 6.07) is 1.23. The molecule has 0 aromatic carbocycles. The molecule has 0 atom stereocenters. The number of anilines is 1. The molecule has 29 heavy (non-hydrogen) atoms. The van der Waals surface area contributed by atoms with Crippen molar-refractivity contribution in [3.63, 3.8) is 0 Å². The minimum absolute atomic E-state index is 0.0327. The number of hydrogen-bond acceptors (Lipinski definition) is 5. The first-order valence-electron chi connectivity index (χ1n) is 10.1. The lowest BCUT2D eigenvalue weighted by Gasteiger charge is -2.26. The average molecular weight is 404 g/mol. The SMILES string of the molecule is Cn1ccc(NC(=O)/C(=N\NC(=O)NCC2CCC(C(=O)O)CC2)C2CCC2)n1. The molecule has 0 saturated heterocycles. The number of hydrazone groups is 1. The third-order valence-corrected chi connectivity index (χ3v) is 5.70. The quantitative estimate of drug-likeness (QED) is 0.405. The number of nitrogens with zero attached hydrogens (tertiary/aromatic N) is 3. The molecule has 3 amide bonds. The van der Waals surface area contributed by atoms with Crippen molar-refractivity contribution >= 4 is 29.4 Å². The molecule has 4 N–H and O–H groups in total. The Hall–Kier alpha value is -2.91. The van der Waals surface area contributed by atoms with Crippen LogP contribution in [0.4, 0.5) is 10.6 Å². The maximum absolute atomic E-state index is 12.5. The van der Waals surface area contributed by atoms with Gasteiger partial charge in [-0.15, -0.1) is 0 Å². The molecule has 0 aliphatic heterocycles. The van der Waals surface area contributed by atoms with Gasteiger partial charge in [-0.05, 0) is 44.4 Å². The number of aryl methyl sites for hydroxylation is 1. The molecule has 2 saturated carbocycles. The van der Waals surface area contributed by atoms with E-state index in [0.29, 0.717) is 30.9 Å². The normalized spacial score (nSPS) is 22.4. The maximum atomic E-state index is 12.5. The van der Waals surface area contributed by atoms with Crippen LogP contribution in [0.25, 0.3) is 0 Å². The molecule has 3 rings (SSSR count). The van der Waals surface area contributed by atoms with Crippen molar-refractivity contribution in [2.45, 2.75) is 44.9 Å². The van der Waals surface area contributed by atoms with Crippen molar-refractivity contribution in [1.29, 1.82) is 0 Å². The second kappa shape index (κ2) is 9.53. The summed E-state index contributed by atoms with van der Waals surface area (Å²) in [4.78, 5) is 35.7. The van der Waals surface area contributed by atoms with Crippen LogP contribution in [0.3, 0.4) is 0 Å². The molecule has 1 aromatic heterocycles. The maximum Gasteiger partial charge on any atom is 0.335 e. The molecule has 158 valence electrons. The first-order chi connectivity index (χ1) is 13.9. The molecule has 2 aliphatic carbocycles. The predicted molar refractivity (Wildman–Crippen MR) is 106 cm³/mol. The van der Waals surface area contributed by atoms with E-state index in [2.05, 4.69) is 26.3 Å². The van der Waals surface area contributed by atoms with Gasteiger partial charge in [-0.3, -0.25) is 14.3 Å². The second-order valence-corrected chi connectivity index (χ2v) is 7.83. The van der Waals surface area contributed by atoms with Crippen LogP contribution in [-0.4, -0.2) is 45.1 Å². The Balaban J connectivity index is 1.48. The van der Waals surface area contributed by atoms with Crippen LogP contribution in [0.2, 0.25) is 0 Å². The summed E-state index contributed by atoms with van der Waals surface area (Å²) < 4.78 is 1.59. The monoisotopic (exact) mass is 404 g/mol. The lowest BCUT2D eigenvalue weighted by atomic mass is 9.81. The Morgan fingerprint density at radius 2 is 1.90 bits per heavy atom. The van der Waals surface area contributed by atoms with Gasteiger partial charge in [0.2, 0.25) is 0 Å². The number of carboxylic acid groups (broad SMARTS) is 1. The number of aromatic nitrogens is 2. The highest BCUT2D eigenvalue weighted by molar-refractivity contribution is 6.43. The molecule has 0 bridgehead atoms. The zero-order chi connectivity index (χ0) is 20.8. The Bertz CT molecular complexity index is 777. The molecule has 0 radical (unpaired) electrons. The summed E-state index contributed by atoms with van der Waals surface area (Å²) in [5, 5.41) is 22.7. The fourth-order valence-corrected chi connectivity index (χ4v) is 3.67. The van der Waals surface area contributed by atoms with Crippen molar-refractivity contribution in [3.8, 4) is 0 Å². The van der Waals surface area contributed by atoms with Gasteiger partial charge in [-0.2, -0.15) is 10.2 Å². The molecule has 2 aliphatic rings. The second-order valence-electron chi connectivity index (χ2n) is 7.83. The predicted octanol–water partition coefficient (Wildman–Crippen LogP) is 1.70. The summed E-state index contributed by atoms with van der Waals surface area (Å²) >= 11 is 0. The van der Waals surface area contributed by atoms with E-state index in [4.69, 9.17) is 5.11 Å². The van der Waals surface area contributed by atoms with Crippen molar-refractivity contribution in [2.24, 2.45) is 29.9 Å². The van der Waals surface area contributed by atoms with Gasteiger partial charge >= 0.3 is 12.0 Å². The van der Waals surface area contributed by atoms with Crippen LogP contribution in [0, 0.1) is 17.8 Å². The van der Waals surface area contributed by atoms with Gasteiger partial charge in [0.15, 0.2) is 5.82 Å². The molecule has 1 aromatic rings. The standard InChI is InChI=1S/C19H28N6O4/c1-25-10-9-15(24-25)21-17(26)16(13-3-2-4-13)22-23-19(29)20-11-12-5-7-14(8-6-12)18(27)28/h9-10,12-14H,2-8,11H2,1H3,(H,27,28)(H2,20,23,29)(H,21,24,26)/b22-16-. The topological polar surface area (TPSA) is 138 Å². The van der Waals surface area contributed by atoms with Gasteiger partial charge in [0.05, 0.1) is 5.92 Å². The molecule has 0 unspecified atom stereocenters. The number of carbonyl (C=O) groups excluding carboxylic acids is 2. The number of rotatable bonds is 7. The summed E-state index contributed by atoms with van der Waals surface area (Å²) in [5.74, 6) is -0.640. The third-order valence-electron chi connectivity index (χ3n) is 5.70. The highest BCUT2D eigenvalue weighted by atomic mass is 16.4. The first-order valence-corrected chi connectivity index (χ1v) is 10.1. The highest BCUT2D eigenvalue weighted by Crippen LogP contribution is 2.29. The Morgan fingerprint density at radius 1 is 1.17 bits per heavy atom. The molecular formula is C19H28N6O4. The fourth-order valence-electron chi connectivity index (χ4n) is 3.67. The number of hydrogen-bond donors (Lipinski definition) is 4. The van der Waals surface area contributed by atoms with E-state index in [1.54, 1.807) is 24.0 Å². The Morgan fingerprint density at radius 3 is 2.45 bits per heavy atom. The number of carboxylic acids is 1. The summed E-state index contributed by atoms with van der Waals surface area (Å²) in [5.41, 5.74) is 2.73. The van der Waals surface area contributed by atoms with Crippen LogP contribution in [0.1, 0.15) is 44.9 Å². The molecule has 1 heterocycles. The molecule has 0 spiro atoms. The van der Waals surface area contributed by atoms with Crippen molar-refractivity contribution in [2.75, 3.05) is 11.9 Å². The Kier molecular flexibility index (Phi) is 6.84. The minimum atomic E-state index is -0.740. The number of amides is 3. The van der Waals surface area contributed by atoms with Crippen molar-refractivity contribution in [3.05, 3.63) is 12.3 Å². The van der Waals surface area contributed by atoms with Gasteiger partial charge < -0.3 is 15.7 Å². The fraction of sp³-hybridized carbons (Fsp3) is 0.632. The summed E-state index contributed by atoms with van der Waals surface area (Å²) in [6.07, 6.45) is 7.33. The van der Waals surface area contributed by atoms with Crippen molar-refractivity contribution in [1.82, 2.24) is 20.5 Å². The van der Waals surface area contributed by atoms with Crippen LogP contribution in [0.15, 0.2) is 17.4 Å². The Labute approximate surface area is 169 Å². The molecule has 10 heteroatoms. The van der Waals surface area contributed by atoms with Gasteiger partial charge in [-0.1, -0.05) is 6.42 Å². The molecule has 2 fully saturated rings. The van der Waals surface area contributed by atoms with Gasteiger partial charge in [0.25, 0.3) is 5.91 Å².